The van der Waals surface area contributed by atoms with Crippen LogP contribution in [0, 0.1) is 0 Å². The number of thioether (sulfide) groups is 1. The molecular formula is C10H22N2OS. The van der Waals surface area contributed by atoms with E-state index in [0.29, 0.717) is 6.04 Å². The van der Waals surface area contributed by atoms with Gasteiger partial charge in [-0.15, -0.1) is 0 Å². The average Bonchev–Trinajstić information content (AvgIpc) is 2.62. The molecule has 4 heteroatoms. The topological polar surface area (TPSA) is 49.5 Å². The minimum Gasteiger partial charge on any atom is -0.395 e. The van der Waals surface area contributed by atoms with E-state index in [9.17, 15) is 0 Å². The van der Waals surface area contributed by atoms with Crippen LogP contribution in [0.2, 0.25) is 0 Å². The largest absolute Gasteiger partial charge is 0.395 e. The number of aliphatic hydroxyl groups excluding tert-OH is 1. The molecule has 1 rings (SSSR count). The molecule has 1 aliphatic rings. The molecule has 0 unspecified atom stereocenters. The predicted molar refractivity (Wildman–Crippen MR) is 62.7 cm³/mol. The maximum atomic E-state index is 9.14. The Morgan fingerprint density at radius 2 is 2.43 bits per heavy atom. The fourth-order valence-corrected chi connectivity index (χ4v) is 2.54. The number of rotatable bonds is 6. The van der Waals surface area contributed by atoms with Crippen molar-refractivity contribution in [2.75, 3.05) is 31.7 Å². The summed E-state index contributed by atoms with van der Waals surface area (Å²) in [5, 5.41) is 9.14. The highest BCUT2D eigenvalue weighted by Gasteiger charge is 2.24. The lowest BCUT2D eigenvalue weighted by Crippen LogP contribution is -2.41. The van der Waals surface area contributed by atoms with Gasteiger partial charge in [0.15, 0.2) is 0 Å². The van der Waals surface area contributed by atoms with E-state index in [-0.39, 0.29) is 12.6 Å². The van der Waals surface area contributed by atoms with Crippen LogP contribution in [0.25, 0.3) is 0 Å². The van der Waals surface area contributed by atoms with Crippen molar-refractivity contribution in [1.82, 2.24) is 4.90 Å². The molecule has 0 bridgehead atoms. The molecule has 0 aromatic heterocycles. The highest BCUT2D eigenvalue weighted by molar-refractivity contribution is 7.98. The first-order valence-corrected chi connectivity index (χ1v) is 6.76. The van der Waals surface area contributed by atoms with E-state index in [4.69, 9.17) is 10.8 Å². The van der Waals surface area contributed by atoms with Gasteiger partial charge in [0.05, 0.1) is 6.61 Å². The van der Waals surface area contributed by atoms with Crippen molar-refractivity contribution in [3.8, 4) is 0 Å². The summed E-state index contributed by atoms with van der Waals surface area (Å²) >= 11 is 1.85. The molecule has 0 amide bonds. The van der Waals surface area contributed by atoms with Crippen LogP contribution in [0.3, 0.4) is 0 Å². The monoisotopic (exact) mass is 218 g/mol. The highest BCUT2D eigenvalue weighted by atomic mass is 32.2. The Hall–Kier alpha value is 0.230. The van der Waals surface area contributed by atoms with Crippen LogP contribution in [-0.4, -0.2) is 53.8 Å². The SMILES string of the molecule is CSCC[C@@H](N)CN1CCC[C@H]1CO. The lowest BCUT2D eigenvalue weighted by Gasteiger charge is -2.25. The average molecular weight is 218 g/mol. The van der Waals surface area contributed by atoms with Crippen LogP contribution in [0.15, 0.2) is 0 Å². The van der Waals surface area contributed by atoms with Crippen LogP contribution >= 0.6 is 11.8 Å². The Labute approximate surface area is 91.0 Å². The van der Waals surface area contributed by atoms with E-state index < -0.39 is 0 Å². The molecule has 0 radical (unpaired) electrons. The Bertz CT molecular complexity index is 157. The zero-order valence-corrected chi connectivity index (χ0v) is 9.80. The summed E-state index contributed by atoms with van der Waals surface area (Å²) in [5.41, 5.74) is 6.02. The fraction of sp³-hybridized carbons (Fsp3) is 1.00. The van der Waals surface area contributed by atoms with Gasteiger partial charge in [-0.2, -0.15) is 11.8 Å². The molecule has 0 saturated carbocycles. The maximum absolute atomic E-state index is 9.14. The van der Waals surface area contributed by atoms with Crippen LogP contribution in [0.5, 0.6) is 0 Å². The third-order valence-electron chi connectivity index (χ3n) is 2.87. The van der Waals surface area contributed by atoms with Crippen molar-refractivity contribution in [2.45, 2.75) is 31.3 Å². The third kappa shape index (κ3) is 3.77. The molecule has 0 aromatic rings. The zero-order valence-electron chi connectivity index (χ0n) is 8.98. The minimum absolute atomic E-state index is 0.273. The van der Waals surface area contributed by atoms with E-state index in [1.165, 1.54) is 6.42 Å². The Kier molecular flexibility index (Phi) is 5.86. The van der Waals surface area contributed by atoms with Gasteiger partial charge in [0.1, 0.15) is 0 Å². The Morgan fingerprint density at radius 1 is 1.64 bits per heavy atom. The molecule has 1 heterocycles. The number of hydrogen-bond acceptors (Lipinski definition) is 4. The summed E-state index contributed by atoms with van der Waals surface area (Å²) in [7, 11) is 0. The van der Waals surface area contributed by atoms with Gasteiger partial charge < -0.3 is 10.8 Å². The lowest BCUT2D eigenvalue weighted by molar-refractivity contribution is 0.152. The summed E-state index contributed by atoms with van der Waals surface area (Å²) < 4.78 is 0. The zero-order chi connectivity index (χ0) is 10.4. The second-order valence-corrected chi connectivity index (χ2v) is 5.00. The molecule has 3 nitrogen and oxygen atoms in total. The summed E-state index contributed by atoms with van der Waals surface area (Å²) in [5.74, 6) is 1.14. The van der Waals surface area contributed by atoms with Crippen molar-refractivity contribution in [2.24, 2.45) is 5.73 Å². The maximum Gasteiger partial charge on any atom is 0.0586 e. The molecule has 1 aliphatic heterocycles. The normalized spacial score (nSPS) is 25.5. The standard InChI is InChI=1S/C10H22N2OS/c1-14-6-4-9(11)7-12-5-2-3-10(12)8-13/h9-10,13H,2-8,11H2,1H3/t9-,10+/m1/s1. The second-order valence-electron chi connectivity index (χ2n) is 4.02. The lowest BCUT2D eigenvalue weighted by atomic mass is 10.2. The van der Waals surface area contributed by atoms with Crippen molar-refractivity contribution in [3.05, 3.63) is 0 Å². The van der Waals surface area contributed by atoms with Gasteiger partial charge in [0, 0.05) is 18.6 Å². The van der Waals surface area contributed by atoms with Gasteiger partial charge in [-0.1, -0.05) is 0 Å². The van der Waals surface area contributed by atoms with Gasteiger partial charge in [-0.3, -0.25) is 4.90 Å². The van der Waals surface area contributed by atoms with E-state index in [0.717, 1.165) is 31.7 Å². The van der Waals surface area contributed by atoms with Gasteiger partial charge in [0.2, 0.25) is 0 Å². The van der Waals surface area contributed by atoms with E-state index in [1.54, 1.807) is 0 Å². The van der Waals surface area contributed by atoms with E-state index in [2.05, 4.69) is 11.2 Å². The molecule has 2 atom stereocenters. The molecule has 3 N–H and O–H groups in total. The van der Waals surface area contributed by atoms with Gasteiger partial charge >= 0.3 is 0 Å². The smallest absolute Gasteiger partial charge is 0.0586 e. The summed E-state index contributed by atoms with van der Waals surface area (Å²) in [6.45, 7) is 2.35. The number of nitrogens with zero attached hydrogens (tertiary/aromatic N) is 1. The first-order chi connectivity index (χ1) is 6.77. The van der Waals surface area contributed by atoms with E-state index >= 15 is 0 Å². The summed E-state index contributed by atoms with van der Waals surface area (Å²) in [6.07, 6.45) is 5.53. The number of nitrogens with two attached hydrogens (primary N) is 1. The molecule has 1 fully saturated rings. The first kappa shape index (κ1) is 12.3. The molecule has 0 spiro atoms. The van der Waals surface area contributed by atoms with Crippen molar-refractivity contribution < 1.29 is 5.11 Å². The Morgan fingerprint density at radius 3 is 3.07 bits per heavy atom. The summed E-state index contributed by atoms with van der Waals surface area (Å²) in [6, 6.07) is 0.643. The van der Waals surface area contributed by atoms with Crippen molar-refractivity contribution in [1.29, 1.82) is 0 Å². The molecule has 84 valence electrons. The quantitative estimate of drug-likeness (QED) is 0.682. The number of aliphatic hydroxyl groups is 1. The summed E-state index contributed by atoms with van der Waals surface area (Å²) in [4.78, 5) is 2.34. The third-order valence-corrected chi connectivity index (χ3v) is 3.52. The van der Waals surface area contributed by atoms with Crippen LogP contribution in [0.1, 0.15) is 19.3 Å². The molecule has 0 aliphatic carbocycles. The second kappa shape index (κ2) is 6.67. The van der Waals surface area contributed by atoms with Crippen LogP contribution in [-0.2, 0) is 0 Å². The van der Waals surface area contributed by atoms with Crippen LogP contribution < -0.4 is 5.73 Å². The predicted octanol–water partition coefficient (Wildman–Crippen LogP) is 0.523. The van der Waals surface area contributed by atoms with Gasteiger partial charge in [-0.25, -0.2) is 0 Å². The van der Waals surface area contributed by atoms with Crippen molar-refractivity contribution >= 4 is 11.8 Å². The van der Waals surface area contributed by atoms with Crippen molar-refractivity contribution in [3.63, 3.8) is 0 Å². The first-order valence-electron chi connectivity index (χ1n) is 5.37. The number of likely N-dealkylation sites (tertiary alicyclic amines) is 1. The van der Waals surface area contributed by atoms with Gasteiger partial charge in [-0.05, 0) is 37.8 Å². The van der Waals surface area contributed by atoms with Gasteiger partial charge in [0.25, 0.3) is 0 Å². The minimum atomic E-state index is 0.273. The highest BCUT2D eigenvalue weighted by Crippen LogP contribution is 2.17. The molecule has 1 saturated heterocycles. The molecule has 14 heavy (non-hydrogen) atoms. The molecule has 0 aromatic carbocycles. The number of hydrogen-bond donors (Lipinski definition) is 2. The van der Waals surface area contributed by atoms with Crippen LogP contribution in [0.4, 0.5) is 0 Å². The van der Waals surface area contributed by atoms with E-state index in [1.807, 2.05) is 11.8 Å². The molecular weight excluding hydrogens is 196 g/mol. The Balaban J connectivity index is 2.21. The fourth-order valence-electron chi connectivity index (χ4n) is 2.00.